The Bertz CT molecular complexity index is 475. The van der Waals surface area contributed by atoms with Gasteiger partial charge in [0.15, 0.2) is 12.4 Å². The van der Waals surface area contributed by atoms with Crippen molar-refractivity contribution in [3.05, 3.63) is 29.3 Å². The predicted octanol–water partition coefficient (Wildman–Crippen LogP) is 1.66. The molecule has 0 amide bonds. The van der Waals surface area contributed by atoms with Crippen LogP contribution in [0.5, 0.6) is 5.75 Å². The molecule has 2 rings (SSSR count). The molecule has 1 aliphatic carbocycles. The summed E-state index contributed by atoms with van der Waals surface area (Å²) < 4.78 is 10.3. The number of benzene rings is 1. The van der Waals surface area contributed by atoms with Gasteiger partial charge >= 0.3 is 0 Å². The minimum Gasteiger partial charge on any atom is -0.467 e. The second kappa shape index (κ2) is 4.97. The summed E-state index contributed by atoms with van der Waals surface area (Å²) in [5.41, 5.74) is 0.647. The molecule has 1 N–H and O–H groups in total. The Morgan fingerprint density at radius 2 is 2.35 bits per heavy atom. The first kappa shape index (κ1) is 12.3. The molecule has 0 aliphatic heterocycles. The van der Waals surface area contributed by atoms with Crippen molar-refractivity contribution >= 4 is 11.6 Å². The van der Waals surface area contributed by atoms with Gasteiger partial charge < -0.3 is 14.6 Å². The quantitative estimate of drug-likeness (QED) is 0.505. The van der Waals surface area contributed by atoms with Crippen LogP contribution < -0.4 is 4.74 Å². The SMILES string of the molecule is COCOc1cccc2c1C(O)(C#CCCl)C2. The van der Waals surface area contributed by atoms with E-state index in [0.29, 0.717) is 12.2 Å². The van der Waals surface area contributed by atoms with Gasteiger partial charge in [-0.3, -0.25) is 0 Å². The first-order chi connectivity index (χ1) is 8.21. The lowest BCUT2D eigenvalue weighted by atomic mass is 9.73. The molecule has 1 atom stereocenters. The van der Waals surface area contributed by atoms with E-state index in [2.05, 4.69) is 11.8 Å². The molecule has 90 valence electrons. The molecular formula is C13H13ClO3. The summed E-state index contributed by atoms with van der Waals surface area (Å²) in [6, 6.07) is 5.63. The third-order valence-corrected chi connectivity index (χ3v) is 2.80. The minimum atomic E-state index is -1.13. The van der Waals surface area contributed by atoms with E-state index in [1.807, 2.05) is 12.1 Å². The smallest absolute Gasteiger partial charge is 0.188 e. The standard InChI is InChI=1S/C13H13ClO3/c1-16-9-17-11-5-2-4-10-8-13(15,12(10)11)6-3-7-14/h2,4-5,15H,7-9H2,1H3. The molecule has 0 heterocycles. The van der Waals surface area contributed by atoms with E-state index in [4.69, 9.17) is 21.1 Å². The Morgan fingerprint density at radius 1 is 1.53 bits per heavy atom. The molecule has 0 saturated carbocycles. The average molecular weight is 253 g/mol. The summed E-state index contributed by atoms with van der Waals surface area (Å²) in [6.45, 7) is 0.148. The molecule has 0 bridgehead atoms. The van der Waals surface area contributed by atoms with Crippen molar-refractivity contribution in [3.8, 4) is 17.6 Å². The number of hydrogen-bond acceptors (Lipinski definition) is 3. The maximum absolute atomic E-state index is 10.3. The minimum absolute atomic E-state index is 0.148. The van der Waals surface area contributed by atoms with E-state index < -0.39 is 5.60 Å². The molecule has 1 aromatic carbocycles. The first-order valence-electron chi connectivity index (χ1n) is 5.24. The summed E-state index contributed by atoms with van der Waals surface area (Å²) in [6.07, 6.45) is 0.510. The molecule has 1 aliphatic rings. The van der Waals surface area contributed by atoms with E-state index in [-0.39, 0.29) is 12.7 Å². The van der Waals surface area contributed by atoms with Crippen molar-refractivity contribution in [2.24, 2.45) is 0 Å². The van der Waals surface area contributed by atoms with Crippen LogP contribution in [-0.4, -0.2) is 24.9 Å². The Hall–Kier alpha value is -1.21. The third kappa shape index (κ3) is 2.25. The molecule has 3 nitrogen and oxygen atoms in total. The van der Waals surface area contributed by atoms with Gasteiger partial charge in [-0.1, -0.05) is 24.0 Å². The van der Waals surface area contributed by atoms with Crippen LogP contribution in [0.25, 0.3) is 0 Å². The van der Waals surface area contributed by atoms with Gasteiger partial charge in [0.05, 0.1) is 5.88 Å². The molecule has 0 aromatic heterocycles. The second-order valence-electron chi connectivity index (χ2n) is 3.81. The van der Waals surface area contributed by atoms with Gasteiger partial charge in [-0.2, -0.15) is 0 Å². The summed E-state index contributed by atoms with van der Waals surface area (Å²) in [5, 5.41) is 10.3. The summed E-state index contributed by atoms with van der Waals surface area (Å²) in [7, 11) is 1.55. The number of hydrogen-bond donors (Lipinski definition) is 1. The molecule has 17 heavy (non-hydrogen) atoms. The van der Waals surface area contributed by atoms with Crippen molar-refractivity contribution in [1.29, 1.82) is 0 Å². The van der Waals surface area contributed by atoms with Crippen LogP contribution in [0.4, 0.5) is 0 Å². The summed E-state index contributed by atoms with van der Waals surface area (Å²) >= 11 is 5.50. The maximum atomic E-state index is 10.3. The number of ether oxygens (including phenoxy) is 2. The van der Waals surface area contributed by atoms with Crippen LogP contribution in [0.3, 0.4) is 0 Å². The zero-order chi connectivity index (χ0) is 12.3. The number of halogens is 1. The van der Waals surface area contributed by atoms with Gasteiger partial charge in [0, 0.05) is 19.1 Å². The van der Waals surface area contributed by atoms with Gasteiger partial charge in [-0.05, 0) is 11.6 Å². The molecular weight excluding hydrogens is 240 g/mol. The van der Waals surface area contributed by atoms with Crippen molar-refractivity contribution in [2.45, 2.75) is 12.0 Å². The Kier molecular flexibility index (Phi) is 3.58. The summed E-state index contributed by atoms with van der Waals surface area (Å²) in [5.74, 6) is 6.28. The Morgan fingerprint density at radius 3 is 3.06 bits per heavy atom. The fourth-order valence-corrected chi connectivity index (χ4v) is 2.05. The molecule has 0 saturated heterocycles. The van der Waals surface area contributed by atoms with Crippen molar-refractivity contribution in [1.82, 2.24) is 0 Å². The van der Waals surface area contributed by atoms with Crippen LogP contribution in [0.15, 0.2) is 18.2 Å². The van der Waals surface area contributed by atoms with Crippen LogP contribution in [-0.2, 0) is 16.8 Å². The van der Waals surface area contributed by atoms with Gasteiger partial charge in [0.25, 0.3) is 0 Å². The molecule has 1 aromatic rings. The van der Waals surface area contributed by atoms with Gasteiger partial charge in [-0.25, -0.2) is 0 Å². The molecule has 1 unspecified atom stereocenters. The van der Waals surface area contributed by atoms with Gasteiger partial charge in [0.2, 0.25) is 0 Å². The Balaban J connectivity index is 2.30. The van der Waals surface area contributed by atoms with Crippen molar-refractivity contribution < 1.29 is 14.6 Å². The van der Waals surface area contributed by atoms with E-state index in [1.54, 1.807) is 13.2 Å². The highest BCUT2D eigenvalue weighted by Crippen LogP contribution is 2.44. The highest BCUT2D eigenvalue weighted by molar-refractivity contribution is 6.19. The number of rotatable bonds is 3. The maximum Gasteiger partial charge on any atom is 0.188 e. The van der Waals surface area contributed by atoms with Crippen LogP contribution in [0, 0.1) is 11.8 Å². The van der Waals surface area contributed by atoms with Crippen LogP contribution in [0.1, 0.15) is 11.1 Å². The molecule has 0 spiro atoms. The average Bonchev–Trinajstić information content (AvgIpc) is 2.32. The predicted molar refractivity (Wildman–Crippen MR) is 65.0 cm³/mol. The second-order valence-corrected chi connectivity index (χ2v) is 4.08. The fraction of sp³-hybridized carbons (Fsp3) is 0.385. The highest BCUT2D eigenvalue weighted by atomic mass is 35.5. The molecule has 4 heteroatoms. The zero-order valence-corrected chi connectivity index (χ0v) is 10.3. The zero-order valence-electron chi connectivity index (χ0n) is 9.50. The number of alkyl halides is 1. The molecule has 0 fully saturated rings. The normalized spacial score (nSPS) is 20.9. The number of methoxy groups -OCH3 is 1. The monoisotopic (exact) mass is 252 g/mol. The van der Waals surface area contributed by atoms with Crippen LogP contribution >= 0.6 is 11.6 Å². The van der Waals surface area contributed by atoms with E-state index in [0.717, 1.165) is 11.1 Å². The number of aliphatic hydroxyl groups is 1. The molecule has 0 radical (unpaired) electrons. The van der Waals surface area contributed by atoms with E-state index in [1.165, 1.54) is 0 Å². The van der Waals surface area contributed by atoms with Gasteiger partial charge in [0.1, 0.15) is 5.75 Å². The lowest BCUT2D eigenvalue weighted by molar-refractivity contribution is 0.0363. The van der Waals surface area contributed by atoms with Crippen molar-refractivity contribution in [3.63, 3.8) is 0 Å². The largest absolute Gasteiger partial charge is 0.467 e. The first-order valence-corrected chi connectivity index (χ1v) is 5.77. The Labute approximate surface area is 105 Å². The fourth-order valence-electron chi connectivity index (χ4n) is 1.98. The number of fused-ring (bicyclic) bond motifs is 1. The van der Waals surface area contributed by atoms with E-state index in [9.17, 15) is 5.11 Å². The summed E-state index contributed by atoms with van der Waals surface area (Å²) in [4.78, 5) is 0. The lowest BCUT2D eigenvalue weighted by Crippen LogP contribution is -2.38. The topological polar surface area (TPSA) is 38.7 Å². The third-order valence-electron chi connectivity index (χ3n) is 2.67. The van der Waals surface area contributed by atoms with Crippen LogP contribution in [0.2, 0.25) is 0 Å². The lowest BCUT2D eigenvalue weighted by Gasteiger charge is -2.36. The highest BCUT2D eigenvalue weighted by Gasteiger charge is 2.42. The van der Waals surface area contributed by atoms with E-state index >= 15 is 0 Å². The van der Waals surface area contributed by atoms with Gasteiger partial charge in [-0.15, -0.1) is 11.6 Å². The van der Waals surface area contributed by atoms with Crippen molar-refractivity contribution in [2.75, 3.05) is 19.8 Å².